The molecular formula is C56H88N12O21. The minimum absolute atomic E-state index is 0.0400. The summed E-state index contributed by atoms with van der Waals surface area (Å²) in [6, 6.07) is -18.8. The summed E-state index contributed by atoms with van der Waals surface area (Å²) in [5.41, 5.74) is 4.70. The number of fused-ring (bicyclic) bond motifs is 1. The van der Waals surface area contributed by atoms with Crippen LogP contribution in [0.5, 0.6) is 0 Å². The molecule has 2 aliphatic heterocycles. The first-order valence-electron chi connectivity index (χ1n) is 29.0. The van der Waals surface area contributed by atoms with Crippen molar-refractivity contribution in [2.75, 3.05) is 19.6 Å². The summed E-state index contributed by atoms with van der Waals surface area (Å²) in [6.07, 6.45) is 1.88. The van der Waals surface area contributed by atoms with Crippen LogP contribution >= 0.6 is 0 Å². The van der Waals surface area contributed by atoms with Crippen molar-refractivity contribution in [1.82, 2.24) is 58.1 Å². The molecule has 2 aliphatic rings. The van der Waals surface area contributed by atoms with Gasteiger partial charge in [-0.15, -0.1) is 0 Å². The van der Waals surface area contributed by atoms with E-state index in [1.54, 1.807) is 26.8 Å². The number of hydrogen-bond acceptors (Lipinski definition) is 18. The number of nitrogens with one attached hydrogen (secondary N) is 10. The van der Waals surface area contributed by atoms with Gasteiger partial charge in [-0.25, -0.2) is 4.79 Å². The van der Waals surface area contributed by atoms with Gasteiger partial charge in [0.1, 0.15) is 54.4 Å². The average molecular weight is 1270 g/mol. The van der Waals surface area contributed by atoms with Gasteiger partial charge in [0.25, 0.3) is 0 Å². The van der Waals surface area contributed by atoms with Crippen LogP contribution in [-0.2, 0) is 71.9 Å². The maximum Gasteiger partial charge on any atom is 0.335 e. The number of amides is 11. The molecule has 0 aromatic rings. The summed E-state index contributed by atoms with van der Waals surface area (Å²) >= 11 is 0. The summed E-state index contributed by atoms with van der Waals surface area (Å²) in [6.45, 7) is 12.8. The number of nitrogens with zero attached hydrogens (tertiary/aromatic N) is 1. The zero-order chi connectivity index (χ0) is 67.9. The number of unbranched alkanes of at least 4 members (excludes halogenated alkanes) is 1. The number of hydrogen-bond donors (Lipinski definition) is 17. The fourth-order valence-corrected chi connectivity index (χ4v) is 9.26. The van der Waals surface area contributed by atoms with Gasteiger partial charge < -0.3 is 94.4 Å². The standard InChI is InChI=1S/C56H88N12O21/c1-25(2)37-47(77)60-31(17-14-16-20-57)45(75)67-42(43(73)55(87)88)51(81)61-32(22-36(71)72)44(74)58-23-35(70)63-40(29(7)54(85)86)48(78)65-38(26(3)4)52(82)68-24-27(5)21-33(68)46(76)59-30(8)41(50(80)64-37)66-49(79)39(28(6)53(83)84)62-34(69)18-13-11-12-15-19-56(9,10)89/h11-13,18,25-33,37-43,73,89H,14-17,19-24,57H2,1-10H3,(H,58,74)(H,59,76)(H,60,77)(H,61,81)(H,62,69)(H,63,70)(H,64,80)(H,65,78)(H,66,79)(H,67,75)(H,71,72)(H,83,84)(H,85,86)(H,87,88)/b12-11-,18-13+/t27-,28?,29?,30?,31+,32+,33+,37-,38+,39+,40-,41+,42+,43?/m1/s1. The summed E-state index contributed by atoms with van der Waals surface area (Å²) < 4.78 is 0. The molecule has 0 aliphatic carbocycles. The van der Waals surface area contributed by atoms with Crippen LogP contribution < -0.4 is 58.9 Å². The van der Waals surface area contributed by atoms with Gasteiger partial charge in [-0.3, -0.25) is 67.1 Å². The van der Waals surface area contributed by atoms with Crippen molar-refractivity contribution >= 4 is 88.9 Å². The van der Waals surface area contributed by atoms with Crippen molar-refractivity contribution in [3.63, 3.8) is 0 Å². The third kappa shape index (κ3) is 24.5. The quantitative estimate of drug-likeness (QED) is 0.0275. The van der Waals surface area contributed by atoms with Gasteiger partial charge in [0.05, 0.1) is 36.4 Å². The maximum absolute atomic E-state index is 14.8. The van der Waals surface area contributed by atoms with Crippen molar-refractivity contribution in [2.45, 2.75) is 186 Å². The van der Waals surface area contributed by atoms with Crippen molar-refractivity contribution in [3.8, 4) is 0 Å². The van der Waals surface area contributed by atoms with Gasteiger partial charge in [-0.05, 0) is 97.4 Å². The number of nitrogens with two attached hydrogens (primary N) is 1. The van der Waals surface area contributed by atoms with Crippen molar-refractivity contribution in [3.05, 3.63) is 24.3 Å². The first-order valence-corrected chi connectivity index (χ1v) is 29.0. The van der Waals surface area contributed by atoms with E-state index < -0.39 is 204 Å². The van der Waals surface area contributed by atoms with E-state index in [1.165, 1.54) is 46.8 Å². The molecule has 2 fully saturated rings. The zero-order valence-electron chi connectivity index (χ0n) is 51.4. The Kier molecular flexibility index (Phi) is 30.4. The van der Waals surface area contributed by atoms with E-state index in [9.17, 15) is 103 Å². The van der Waals surface area contributed by atoms with E-state index in [-0.39, 0.29) is 38.8 Å². The molecule has 11 amide bonds. The highest BCUT2D eigenvalue weighted by molar-refractivity contribution is 6.02. The molecule has 33 heteroatoms. The summed E-state index contributed by atoms with van der Waals surface area (Å²) in [5, 5.41) is 83.0. The molecule has 89 heavy (non-hydrogen) atoms. The van der Waals surface area contributed by atoms with Crippen LogP contribution in [-0.4, -0.2) is 216 Å². The van der Waals surface area contributed by atoms with Gasteiger partial charge in [-0.2, -0.15) is 0 Å². The van der Waals surface area contributed by atoms with Gasteiger partial charge in [-0.1, -0.05) is 52.8 Å². The molecule has 0 radical (unpaired) electrons. The third-order valence-electron chi connectivity index (χ3n) is 14.6. The molecule has 0 aromatic carbocycles. The number of carboxylic acids is 4. The Morgan fingerprint density at radius 2 is 1.25 bits per heavy atom. The molecular weight excluding hydrogens is 1180 g/mol. The van der Waals surface area contributed by atoms with Gasteiger partial charge in [0.15, 0.2) is 6.10 Å². The molecule has 33 nitrogen and oxygen atoms in total. The van der Waals surface area contributed by atoms with E-state index in [0.717, 1.165) is 24.8 Å². The zero-order valence-corrected chi connectivity index (χ0v) is 51.4. The Labute approximate surface area is 513 Å². The van der Waals surface area contributed by atoms with Crippen molar-refractivity contribution < 1.29 is 103 Å². The highest BCUT2D eigenvalue weighted by Crippen LogP contribution is 2.26. The van der Waals surface area contributed by atoms with E-state index in [1.807, 2.05) is 16.0 Å². The normalized spacial score (nSPS) is 25.9. The number of aliphatic hydroxyl groups is 2. The van der Waals surface area contributed by atoms with Crippen LogP contribution in [0.3, 0.4) is 0 Å². The summed E-state index contributed by atoms with van der Waals surface area (Å²) in [7, 11) is 0. The van der Waals surface area contributed by atoms with E-state index in [4.69, 9.17) is 5.73 Å². The van der Waals surface area contributed by atoms with Crippen LogP contribution in [0.1, 0.15) is 114 Å². The number of aliphatic hydroxyl groups excluding tert-OH is 1. The molecule has 14 atom stereocenters. The first-order chi connectivity index (χ1) is 41.3. The number of allylic oxidation sites excluding steroid dienone is 3. The molecule has 498 valence electrons. The van der Waals surface area contributed by atoms with Crippen LogP contribution in [0.4, 0.5) is 0 Å². The molecule has 0 spiro atoms. The average Bonchev–Trinajstić information content (AvgIpc) is 2.69. The second kappa shape index (κ2) is 35.4. The largest absolute Gasteiger partial charge is 0.481 e. The molecule has 0 aromatic heterocycles. The third-order valence-corrected chi connectivity index (χ3v) is 14.6. The van der Waals surface area contributed by atoms with Gasteiger partial charge >= 0.3 is 23.9 Å². The van der Waals surface area contributed by atoms with Crippen LogP contribution in [0.25, 0.3) is 0 Å². The molecule has 4 unspecified atom stereocenters. The van der Waals surface area contributed by atoms with E-state index >= 15 is 0 Å². The number of carboxylic acid groups (broad SMARTS) is 4. The van der Waals surface area contributed by atoms with Crippen molar-refractivity contribution in [1.29, 1.82) is 0 Å². The van der Waals surface area contributed by atoms with Crippen LogP contribution in [0, 0.1) is 29.6 Å². The first kappa shape index (κ1) is 76.5. The number of rotatable bonds is 22. The Balaban J connectivity index is 2.97. The SMILES string of the molecule is CC(C)[C@@H]1NC(=O)[C@@H](C(C)C(=O)O)NC(=O)CNC(=O)[C@H](CC(=O)O)NC(=O)[C@H](C(O)C(=O)O)NC(=O)[C@H](CCCCN)NC(=O)[C@@H](C(C)C)NC(=O)[C@@H](NC(=O)[C@@H](NC(=O)/C=C/C=C\CCC(C)(C)O)C(C)C(=O)O)C(C)NC(=O)[C@@H]2C[C@@H](C)CN2C1=O. The Hall–Kier alpha value is -8.59. The Bertz CT molecular complexity index is 2680. The molecule has 2 rings (SSSR count). The van der Waals surface area contributed by atoms with Gasteiger partial charge in [0.2, 0.25) is 65.0 Å². The Morgan fingerprint density at radius 3 is 1.80 bits per heavy atom. The molecule has 2 saturated heterocycles. The highest BCUT2D eigenvalue weighted by Gasteiger charge is 2.46. The number of carbonyl (C=O) groups excluding carboxylic acids is 11. The number of carbonyl (C=O) groups is 15. The Morgan fingerprint density at radius 1 is 0.674 bits per heavy atom. The lowest BCUT2D eigenvalue weighted by molar-refractivity contribution is -0.153. The lowest BCUT2D eigenvalue weighted by atomic mass is 9.97. The summed E-state index contributed by atoms with van der Waals surface area (Å²) in [5.74, 6) is -26.3. The molecule has 0 bridgehead atoms. The fraction of sp³-hybridized carbons (Fsp3) is 0.661. The monoisotopic (exact) mass is 1260 g/mol. The predicted molar refractivity (Wildman–Crippen MR) is 311 cm³/mol. The lowest BCUT2D eigenvalue weighted by Crippen LogP contribution is -2.65. The van der Waals surface area contributed by atoms with E-state index in [2.05, 4.69) is 37.2 Å². The molecule has 2 heterocycles. The smallest absolute Gasteiger partial charge is 0.335 e. The molecule has 18 N–H and O–H groups in total. The predicted octanol–water partition coefficient (Wildman–Crippen LogP) is -4.80. The minimum Gasteiger partial charge on any atom is -0.481 e. The number of aliphatic carboxylic acids is 4. The summed E-state index contributed by atoms with van der Waals surface area (Å²) in [4.78, 5) is 205. The highest BCUT2D eigenvalue weighted by atomic mass is 16.4. The second-order valence-corrected chi connectivity index (χ2v) is 23.5. The van der Waals surface area contributed by atoms with Crippen molar-refractivity contribution in [2.24, 2.45) is 35.3 Å². The maximum atomic E-state index is 14.8. The van der Waals surface area contributed by atoms with Gasteiger partial charge in [0, 0.05) is 12.6 Å². The van der Waals surface area contributed by atoms with Crippen LogP contribution in [0.15, 0.2) is 24.3 Å². The minimum atomic E-state index is -2.85. The fourth-order valence-electron chi connectivity index (χ4n) is 9.26. The lowest BCUT2D eigenvalue weighted by Gasteiger charge is -2.34. The second-order valence-electron chi connectivity index (χ2n) is 23.5. The topological polar surface area (TPSA) is 527 Å². The van der Waals surface area contributed by atoms with Crippen LogP contribution in [0.2, 0.25) is 0 Å². The molecule has 0 saturated carbocycles. The van der Waals surface area contributed by atoms with E-state index in [0.29, 0.717) is 12.8 Å².